The SMILES string of the molecule is CCNCc1sc(-c2cc(Br)cs2)nc1-c1ccccc1. The van der Waals surface area contributed by atoms with Crippen LogP contribution in [0.5, 0.6) is 0 Å². The number of halogens is 1. The summed E-state index contributed by atoms with van der Waals surface area (Å²) in [4.78, 5) is 7.39. The van der Waals surface area contributed by atoms with Gasteiger partial charge in [0.15, 0.2) is 0 Å². The van der Waals surface area contributed by atoms with Crippen LogP contribution in [0.1, 0.15) is 11.8 Å². The predicted octanol–water partition coefficient (Wildman–Crippen LogP) is 5.41. The molecule has 21 heavy (non-hydrogen) atoms. The molecule has 2 aromatic heterocycles. The van der Waals surface area contributed by atoms with Gasteiger partial charge in [0.25, 0.3) is 0 Å². The molecule has 5 heteroatoms. The Labute approximate surface area is 141 Å². The number of benzene rings is 1. The minimum absolute atomic E-state index is 0.866. The van der Waals surface area contributed by atoms with Crippen molar-refractivity contribution in [1.29, 1.82) is 0 Å². The van der Waals surface area contributed by atoms with E-state index in [1.807, 2.05) is 6.07 Å². The maximum atomic E-state index is 4.89. The van der Waals surface area contributed by atoms with Gasteiger partial charge in [-0.05, 0) is 28.5 Å². The maximum absolute atomic E-state index is 4.89. The van der Waals surface area contributed by atoms with Crippen LogP contribution in [0.25, 0.3) is 21.1 Å². The Kier molecular flexibility index (Phi) is 4.85. The Balaban J connectivity index is 2.03. The number of nitrogens with one attached hydrogen (secondary N) is 1. The van der Waals surface area contributed by atoms with Crippen molar-refractivity contribution in [3.63, 3.8) is 0 Å². The van der Waals surface area contributed by atoms with Gasteiger partial charge in [0, 0.05) is 26.8 Å². The summed E-state index contributed by atoms with van der Waals surface area (Å²) in [7, 11) is 0. The van der Waals surface area contributed by atoms with Crippen LogP contribution in [-0.2, 0) is 6.54 Å². The Morgan fingerprint density at radius 3 is 2.71 bits per heavy atom. The van der Waals surface area contributed by atoms with Crippen LogP contribution in [0.2, 0.25) is 0 Å². The second-order valence-corrected chi connectivity index (χ2v) is 7.48. The van der Waals surface area contributed by atoms with E-state index in [1.165, 1.54) is 15.3 Å². The molecule has 0 aliphatic rings. The smallest absolute Gasteiger partial charge is 0.134 e. The first-order valence-electron chi connectivity index (χ1n) is 6.78. The zero-order valence-electron chi connectivity index (χ0n) is 11.6. The Morgan fingerprint density at radius 2 is 2.05 bits per heavy atom. The zero-order valence-corrected chi connectivity index (χ0v) is 14.8. The van der Waals surface area contributed by atoms with Crippen molar-refractivity contribution >= 4 is 38.6 Å². The largest absolute Gasteiger partial charge is 0.312 e. The molecule has 1 N–H and O–H groups in total. The topological polar surface area (TPSA) is 24.9 Å². The lowest BCUT2D eigenvalue weighted by Gasteiger charge is -2.02. The van der Waals surface area contributed by atoms with Crippen LogP contribution >= 0.6 is 38.6 Å². The molecule has 0 amide bonds. The van der Waals surface area contributed by atoms with Crippen molar-refractivity contribution < 1.29 is 0 Å². The first-order valence-corrected chi connectivity index (χ1v) is 9.27. The molecule has 0 aliphatic carbocycles. The normalized spacial score (nSPS) is 11.0. The standard InChI is InChI=1S/C16H15BrN2S2/c1-2-18-9-14-15(11-6-4-3-5-7-11)19-16(21-14)13-8-12(17)10-20-13/h3-8,10,18H,2,9H2,1H3. The number of thiazole rings is 1. The molecule has 3 rings (SSSR count). The van der Waals surface area contributed by atoms with Crippen molar-refractivity contribution in [2.75, 3.05) is 6.54 Å². The minimum Gasteiger partial charge on any atom is -0.312 e. The highest BCUT2D eigenvalue weighted by Gasteiger charge is 2.15. The Bertz CT molecular complexity index is 719. The van der Waals surface area contributed by atoms with E-state index in [2.05, 4.69) is 63.9 Å². The van der Waals surface area contributed by atoms with Gasteiger partial charge in [-0.2, -0.15) is 0 Å². The van der Waals surface area contributed by atoms with Crippen molar-refractivity contribution in [3.05, 3.63) is 51.1 Å². The van der Waals surface area contributed by atoms with Gasteiger partial charge in [-0.1, -0.05) is 37.3 Å². The molecule has 0 spiro atoms. The number of aromatic nitrogens is 1. The van der Waals surface area contributed by atoms with Crippen LogP contribution < -0.4 is 5.32 Å². The molecule has 2 heterocycles. The highest BCUT2D eigenvalue weighted by Crippen LogP contribution is 2.37. The number of rotatable bonds is 5. The second kappa shape index (κ2) is 6.83. The summed E-state index contributed by atoms with van der Waals surface area (Å²) in [6.07, 6.45) is 0. The van der Waals surface area contributed by atoms with E-state index in [4.69, 9.17) is 4.98 Å². The molecule has 0 bridgehead atoms. The van der Waals surface area contributed by atoms with Gasteiger partial charge >= 0.3 is 0 Å². The van der Waals surface area contributed by atoms with Crippen LogP contribution in [0, 0.1) is 0 Å². The average Bonchev–Trinajstić information content (AvgIpc) is 3.12. The Morgan fingerprint density at radius 1 is 1.24 bits per heavy atom. The molecule has 2 nitrogen and oxygen atoms in total. The summed E-state index contributed by atoms with van der Waals surface area (Å²) in [6.45, 7) is 3.96. The number of nitrogens with zero attached hydrogens (tertiary/aromatic N) is 1. The molecule has 0 atom stereocenters. The average molecular weight is 379 g/mol. The van der Waals surface area contributed by atoms with E-state index in [9.17, 15) is 0 Å². The van der Waals surface area contributed by atoms with Crippen LogP contribution in [0.4, 0.5) is 0 Å². The van der Waals surface area contributed by atoms with Crippen molar-refractivity contribution in [2.24, 2.45) is 0 Å². The lowest BCUT2D eigenvalue weighted by Crippen LogP contribution is -2.11. The van der Waals surface area contributed by atoms with E-state index in [0.717, 1.165) is 28.3 Å². The molecule has 0 radical (unpaired) electrons. The third-order valence-electron chi connectivity index (χ3n) is 3.06. The van der Waals surface area contributed by atoms with Crippen LogP contribution in [0.3, 0.4) is 0 Å². The molecule has 0 saturated carbocycles. The summed E-state index contributed by atoms with van der Waals surface area (Å²) in [5.41, 5.74) is 2.28. The van der Waals surface area contributed by atoms with Crippen molar-refractivity contribution in [1.82, 2.24) is 10.3 Å². The van der Waals surface area contributed by atoms with Gasteiger partial charge in [-0.25, -0.2) is 4.98 Å². The van der Waals surface area contributed by atoms with Crippen LogP contribution in [-0.4, -0.2) is 11.5 Å². The van der Waals surface area contributed by atoms with Gasteiger partial charge < -0.3 is 5.32 Å². The van der Waals surface area contributed by atoms with E-state index >= 15 is 0 Å². The van der Waals surface area contributed by atoms with Gasteiger partial charge in [0.2, 0.25) is 0 Å². The minimum atomic E-state index is 0.866. The molecule has 0 saturated heterocycles. The number of thiophene rings is 1. The zero-order chi connectivity index (χ0) is 14.7. The molecule has 3 aromatic rings. The predicted molar refractivity (Wildman–Crippen MR) is 95.9 cm³/mol. The fourth-order valence-electron chi connectivity index (χ4n) is 2.06. The highest BCUT2D eigenvalue weighted by molar-refractivity contribution is 9.10. The number of hydrogen-bond donors (Lipinski definition) is 1. The van der Waals surface area contributed by atoms with Gasteiger partial charge in [-0.15, -0.1) is 22.7 Å². The lowest BCUT2D eigenvalue weighted by molar-refractivity contribution is 0.735. The fourth-order valence-corrected chi connectivity index (χ4v) is 4.61. The van der Waals surface area contributed by atoms with E-state index < -0.39 is 0 Å². The summed E-state index contributed by atoms with van der Waals surface area (Å²) >= 11 is 7.02. The summed E-state index contributed by atoms with van der Waals surface area (Å²) < 4.78 is 1.12. The van der Waals surface area contributed by atoms with Crippen molar-refractivity contribution in [3.8, 4) is 21.1 Å². The fraction of sp³-hybridized carbons (Fsp3) is 0.188. The maximum Gasteiger partial charge on any atom is 0.134 e. The van der Waals surface area contributed by atoms with E-state index in [0.29, 0.717) is 0 Å². The summed E-state index contributed by atoms with van der Waals surface area (Å²) in [6, 6.07) is 12.5. The molecular formula is C16H15BrN2S2. The third-order valence-corrected chi connectivity index (χ3v) is 5.97. The quantitative estimate of drug-likeness (QED) is 0.641. The van der Waals surface area contributed by atoms with Gasteiger partial charge in [-0.3, -0.25) is 0 Å². The molecule has 0 unspecified atom stereocenters. The molecule has 108 valence electrons. The molecule has 0 fully saturated rings. The van der Waals surface area contributed by atoms with Gasteiger partial charge in [0.1, 0.15) is 5.01 Å². The first-order chi connectivity index (χ1) is 10.3. The van der Waals surface area contributed by atoms with Gasteiger partial charge in [0.05, 0.1) is 10.6 Å². The van der Waals surface area contributed by atoms with E-state index in [1.54, 1.807) is 22.7 Å². The first kappa shape index (κ1) is 14.9. The number of hydrogen-bond acceptors (Lipinski definition) is 4. The summed E-state index contributed by atoms with van der Waals surface area (Å²) in [5.74, 6) is 0. The Hall–Kier alpha value is -1.01. The highest BCUT2D eigenvalue weighted by atomic mass is 79.9. The van der Waals surface area contributed by atoms with Crippen molar-refractivity contribution in [2.45, 2.75) is 13.5 Å². The molecule has 1 aromatic carbocycles. The second-order valence-electron chi connectivity index (χ2n) is 4.57. The monoisotopic (exact) mass is 378 g/mol. The van der Waals surface area contributed by atoms with Crippen LogP contribution in [0.15, 0.2) is 46.3 Å². The van der Waals surface area contributed by atoms with E-state index in [-0.39, 0.29) is 0 Å². The lowest BCUT2D eigenvalue weighted by atomic mass is 10.1. The molecule has 0 aliphatic heterocycles. The third kappa shape index (κ3) is 3.43. The summed E-state index contributed by atoms with van der Waals surface area (Å²) in [5, 5.41) is 6.60. The molecular weight excluding hydrogens is 364 g/mol.